The summed E-state index contributed by atoms with van der Waals surface area (Å²) in [7, 11) is 0. The molecule has 36 heavy (non-hydrogen) atoms. The number of rotatable bonds is 6. The van der Waals surface area contributed by atoms with Crippen molar-refractivity contribution in [1.82, 2.24) is 9.99 Å². The zero-order valence-electron chi connectivity index (χ0n) is 17.8. The monoisotopic (exact) mass is 560 g/mol. The fourth-order valence-corrected chi connectivity index (χ4v) is 4.86. The number of aliphatic hydroxyl groups excluding tert-OH is 3. The zero-order valence-corrected chi connectivity index (χ0v) is 19.4. The molecular weight excluding hydrogens is 542 g/mol. The second-order valence-electron chi connectivity index (χ2n) is 7.60. The van der Waals surface area contributed by atoms with Gasteiger partial charge in [-0.3, -0.25) is 0 Å². The number of hydrogen-bond acceptors (Lipinski definition) is 9. The van der Waals surface area contributed by atoms with Crippen molar-refractivity contribution in [3.05, 3.63) is 64.3 Å². The molecule has 16 heteroatoms. The van der Waals surface area contributed by atoms with Crippen LogP contribution in [0, 0.1) is 17.5 Å². The highest BCUT2D eigenvalue weighted by atomic mass is 35.5. The van der Waals surface area contributed by atoms with Gasteiger partial charge in [0.25, 0.3) is 0 Å². The second kappa shape index (κ2) is 11.0. The van der Waals surface area contributed by atoms with Crippen molar-refractivity contribution >= 4 is 29.1 Å². The number of alkyl halides is 3. The van der Waals surface area contributed by atoms with Crippen LogP contribution in [-0.2, 0) is 10.9 Å². The largest absolute Gasteiger partial charge is 0.434 e. The molecule has 1 aromatic heterocycles. The quantitative estimate of drug-likeness (QED) is 0.156. The standard InChI is InChI=1S/C20H19ClF6N4O4S/c21-8-3-13(18(30-4-8)20(25,26)27)36-19-17(34)15(16(33)12(6-32)35-19)31(29)5-11(28)7-1-9(22)14(24)10(23)2-7/h1-5,12,15-17,19,32-34H,6,28-29H2/b11-5-. The van der Waals surface area contributed by atoms with E-state index in [1.807, 2.05) is 0 Å². The summed E-state index contributed by atoms with van der Waals surface area (Å²) in [5, 5.41) is 31.5. The maximum atomic E-state index is 13.6. The number of benzene rings is 1. The lowest BCUT2D eigenvalue weighted by Crippen LogP contribution is -2.64. The van der Waals surface area contributed by atoms with Crippen LogP contribution in [-0.4, -0.2) is 61.7 Å². The highest BCUT2D eigenvalue weighted by molar-refractivity contribution is 7.99. The second-order valence-corrected chi connectivity index (χ2v) is 9.18. The molecule has 1 aliphatic rings. The summed E-state index contributed by atoms with van der Waals surface area (Å²) in [6.07, 6.45) is -8.16. The zero-order chi connectivity index (χ0) is 26.9. The molecule has 0 bridgehead atoms. The summed E-state index contributed by atoms with van der Waals surface area (Å²) in [4.78, 5) is 2.77. The van der Waals surface area contributed by atoms with Crippen molar-refractivity contribution in [2.75, 3.05) is 6.61 Å². The molecule has 8 nitrogen and oxygen atoms in total. The van der Waals surface area contributed by atoms with E-state index in [4.69, 9.17) is 27.9 Å². The maximum absolute atomic E-state index is 13.6. The molecule has 0 saturated carbocycles. The Kier molecular flexibility index (Phi) is 8.65. The van der Waals surface area contributed by atoms with E-state index in [1.165, 1.54) is 0 Å². The molecule has 1 fully saturated rings. The first-order valence-corrected chi connectivity index (χ1v) is 11.2. The first-order chi connectivity index (χ1) is 16.7. The van der Waals surface area contributed by atoms with Gasteiger partial charge in [-0.25, -0.2) is 24.0 Å². The third-order valence-corrected chi connectivity index (χ3v) is 6.52. The van der Waals surface area contributed by atoms with Gasteiger partial charge in [-0.15, -0.1) is 0 Å². The minimum absolute atomic E-state index is 0.138. The first-order valence-electron chi connectivity index (χ1n) is 9.91. The highest BCUT2D eigenvalue weighted by Crippen LogP contribution is 2.41. The van der Waals surface area contributed by atoms with E-state index in [1.54, 1.807) is 0 Å². The van der Waals surface area contributed by atoms with E-state index < -0.39 is 76.3 Å². The Balaban J connectivity index is 1.93. The van der Waals surface area contributed by atoms with Gasteiger partial charge in [-0.1, -0.05) is 23.4 Å². The summed E-state index contributed by atoms with van der Waals surface area (Å²) in [6, 6.07) is 0.565. The van der Waals surface area contributed by atoms with E-state index in [9.17, 15) is 41.7 Å². The molecule has 1 saturated heterocycles. The van der Waals surface area contributed by atoms with Gasteiger partial charge in [-0.2, -0.15) is 13.2 Å². The summed E-state index contributed by atoms with van der Waals surface area (Å²) in [5.74, 6) is 1.10. The number of halogens is 7. The summed E-state index contributed by atoms with van der Waals surface area (Å²) in [5.41, 5.74) is 2.19. The van der Waals surface area contributed by atoms with Crippen LogP contribution in [0.25, 0.3) is 5.70 Å². The van der Waals surface area contributed by atoms with Gasteiger partial charge in [0.15, 0.2) is 23.1 Å². The van der Waals surface area contributed by atoms with Crippen LogP contribution in [0.3, 0.4) is 0 Å². The molecule has 2 heterocycles. The third kappa shape index (κ3) is 5.99. The molecule has 7 N–H and O–H groups in total. The van der Waals surface area contributed by atoms with Gasteiger partial charge < -0.3 is 30.8 Å². The number of hydrazine groups is 1. The minimum Gasteiger partial charge on any atom is -0.397 e. The third-order valence-electron chi connectivity index (χ3n) is 5.13. The average molecular weight is 561 g/mol. The van der Waals surface area contributed by atoms with E-state index in [-0.39, 0.29) is 10.6 Å². The Morgan fingerprint density at radius 3 is 2.33 bits per heavy atom. The topological polar surface area (TPSA) is 138 Å². The highest BCUT2D eigenvalue weighted by Gasteiger charge is 2.47. The van der Waals surface area contributed by atoms with E-state index >= 15 is 0 Å². The molecule has 0 aliphatic carbocycles. The number of pyridine rings is 1. The molecule has 5 unspecified atom stereocenters. The van der Waals surface area contributed by atoms with Crippen LogP contribution in [0.4, 0.5) is 26.3 Å². The summed E-state index contributed by atoms with van der Waals surface area (Å²) >= 11 is 6.14. The fourth-order valence-electron chi connectivity index (χ4n) is 3.41. The number of nitrogens with zero attached hydrogens (tertiary/aromatic N) is 2. The van der Waals surface area contributed by atoms with Gasteiger partial charge in [0, 0.05) is 22.9 Å². The molecule has 5 atom stereocenters. The normalized spacial score (nSPS) is 25.2. The van der Waals surface area contributed by atoms with Crippen LogP contribution >= 0.6 is 23.4 Å². The van der Waals surface area contributed by atoms with Crippen molar-refractivity contribution in [3.63, 3.8) is 0 Å². The molecule has 0 spiro atoms. The van der Waals surface area contributed by atoms with E-state index in [2.05, 4.69) is 4.98 Å². The number of hydrogen-bond donors (Lipinski definition) is 5. The summed E-state index contributed by atoms with van der Waals surface area (Å²) in [6.45, 7) is -0.817. The number of thioether (sulfide) groups is 1. The molecule has 1 aromatic carbocycles. The lowest BCUT2D eigenvalue weighted by molar-refractivity contribution is -0.184. The Morgan fingerprint density at radius 1 is 1.17 bits per heavy atom. The lowest BCUT2D eigenvalue weighted by Gasteiger charge is -2.45. The van der Waals surface area contributed by atoms with Crippen molar-refractivity contribution in [2.45, 2.75) is 40.9 Å². The molecule has 198 valence electrons. The molecule has 1 aliphatic heterocycles. The minimum atomic E-state index is -4.88. The van der Waals surface area contributed by atoms with Crippen LogP contribution in [0.15, 0.2) is 35.5 Å². The Labute approximate surface area is 209 Å². The Bertz CT molecular complexity index is 1120. The number of ether oxygens (including phenoxy) is 1. The first kappa shape index (κ1) is 28.3. The molecule has 0 radical (unpaired) electrons. The predicted octanol–water partition coefficient (Wildman–Crippen LogP) is 2.20. The smallest absolute Gasteiger partial charge is 0.397 e. The van der Waals surface area contributed by atoms with Crippen LogP contribution in [0.5, 0.6) is 0 Å². The van der Waals surface area contributed by atoms with Crippen molar-refractivity contribution < 1.29 is 46.4 Å². The van der Waals surface area contributed by atoms with Crippen LogP contribution in [0.2, 0.25) is 5.02 Å². The van der Waals surface area contributed by atoms with Gasteiger partial charge >= 0.3 is 6.18 Å². The van der Waals surface area contributed by atoms with Crippen LogP contribution < -0.4 is 11.6 Å². The molecule has 0 amide bonds. The fraction of sp³-hybridized carbons (Fsp3) is 0.350. The van der Waals surface area contributed by atoms with Crippen molar-refractivity contribution in [3.8, 4) is 0 Å². The molecule has 3 rings (SSSR count). The maximum Gasteiger partial charge on any atom is 0.434 e. The summed E-state index contributed by atoms with van der Waals surface area (Å²) < 4.78 is 85.9. The van der Waals surface area contributed by atoms with E-state index in [0.29, 0.717) is 28.9 Å². The SMILES string of the molecule is N/C(=C\N(N)C1C(O)C(CO)OC(Sc2cc(Cl)cnc2C(F)(F)F)C1O)c1cc(F)c(F)c(F)c1. The van der Waals surface area contributed by atoms with Crippen LogP contribution in [0.1, 0.15) is 11.3 Å². The Morgan fingerprint density at radius 2 is 1.78 bits per heavy atom. The van der Waals surface area contributed by atoms with Gasteiger partial charge in [-0.05, 0) is 18.2 Å². The molecule has 2 aromatic rings. The molecular formula is C20H19ClF6N4O4S. The predicted molar refractivity (Wildman–Crippen MR) is 116 cm³/mol. The van der Waals surface area contributed by atoms with Gasteiger partial charge in [0.2, 0.25) is 0 Å². The number of nitrogens with two attached hydrogens (primary N) is 2. The van der Waals surface area contributed by atoms with E-state index in [0.717, 1.165) is 18.5 Å². The van der Waals surface area contributed by atoms with Gasteiger partial charge in [0.05, 0.1) is 17.3 Å². The lowest BCUT2D eigenvalue weighted by atomic mass is 9.96. The number of aliphatic hydroxyl groups is 3. The Hall–Kier alpha value is -2.27. The average Bonchev–Trinajstić information content (AvgIpc) is 2.78. The van der Waals surface area contributed by atoms with Crippen molar-refractivity contribution in [1.29, 1.82) is 0 Å². The van der Waals surface area contributed by atoms with Gasteiger partial charge in [0.1, 0.15) is 29.8 Å². The van der Waals surface area contributed by atoms with Crippen molar-refractivity contribution in [2.24, 2.45) is 11.6 Å². The number of aromatic nitrogens is 1.